The molecule has 1 fully saturated rings. The van der Waals surface area contributed by atoms with Crippen LogP contribution < -0.4 is 16.4 Å². The maximum absolute atomic E-state index is 13.9. The summed E-state index contributed by atoms with van der Waals surface area (Å²) in [4.78, 5) is 30.7. The van der Waals surface area contributed by atoms with Crippen LogP contribution in [0.3, 0.4) is 0 Å². The molecule has 2 aromatic carbocycles. The lowest BCUT2D eigenvalue weighted by molar-refractivity contribution is -0.130. The lowest BCUT2D eigenvalue weighted by Gasteiger charge is -2.45. The molecule has 0 aromatic heterocycles. The number of benzene rings is 2. The maximum Gasteiger partial charge on any atom is 0.317 e. The molecule has 2 atom stereocenters. The van der Waals surface area contributed by atoms with E-state index in [0.29, 0.717) is 56.5 Å². The first-order valence-electron chi connectivity index (χ1n) is 12.6. The van der Waals surface area contributed by atoms with Crippen molar-refractivity contribution >= 4 is 34.9 Å². The van der Waals surface area contributed by atoms with Crippen LogP contribution in [0, 0.1) is 5.92 Å². The number of nitrogens with one attached hydrogen (secondary N) is 2. The van der Waals surface area contributed by atoms with Crippen molar-refractivity contribution in [3.8, 4) is 0 Å². The van der Waals surface area contributed by atoms with Crippen molar-refractivity contribution in [1.82, 2.24) is 15.1 Å². The number of hydrogen-bond donors (Lipinski definition) is 3. The Morgan fingerprint density at radius 2 is 1.97 bits per heavy atom. The van der Waals surface area contributed by atoms with Crippen molar-refractivity contribution < 1.29 is 14.3 Å². The second-order valence-corrected chi connectivity index (χ2v) is 10.4. The first-order chi connectivity index (χ1) is 17.2. The fourth-order valence-electron chi connectivity index (χ4n) is 5.15. The molecule has 2 heterocycles. The van der Waals surface area contributed by atoms with Crippen LogP contribution in [0.15, 0.2) is 42.5 Å². The van der Waals surface area contributed by atoms with E-state index in [0.717, 1.165) is 16.8 Å². The Hall–Kier alpha value is -2.81. The van der Waals surface area contributed by atoms with E-state index in [1.807, 2.05) is 36.4 Å². The Kier molecular flexibility index (Phi) is 8.07. The van der Waals surface area contributed by atoms with E-state index in [4.69, 9.17) is 22.1 Å². The van der Waals surface area contributed by atoms with Crippen molar-refractivity contribution in [3.63, 3.8) is 0 Å². The van der Waals surface area contributed by atoms with Gasteiger partial charge in [0.2, 0.25) is 5.91 Å². The van der Waals surface area contributed by atoms with Crippen LogP contribution in [0.2, 0.25) is 5.02 Å². The van der Waals surface area contributed by atoms with Gasteiger partial charge in [-0.1, -0.05) is 43.6 Å². The fourth-order valence-corrected chi connectivity index (χ4v) is 5.32. The van der Waals surface area contributed by atoms with Crippen LogP contribution in [0.25, 0.3) is 0 Å². The Labute approximate surface area is 218 Å². The molecule has 3 amide bonds. The van der Waals surface area contributed by atoms with Crippen molar-refractivity contribution in [2.24, 2.45) is 5.92 Å². The van der Waals surface area contributed by atoms with Gasteiger partial charge in [-0.05, 0) is 42.7 Å². The Morgan fingerprint density at radius 1 is 1.22 bits per heavy atom. The summed E-state index contributed by atoms with van der Waals surface area (Å²) in [5.74, 6) is 0.163. The van der Waals surface area contributed by atoms with Crippen LogP contribution >= 0.6 is 11.6 Å². The number of ether oxygens (including phenoxy) is 1. The zero-order valence-corrected chi connectivity index (χ0v) is 22.0. The number of nitrogens with two attached hydrogens (primary N) is 1. The number of rotatable bonds is 8. The van der Waals surface area contributed by atoms with Gasteiger partial charge in [0.25, 0.3) is 0 Å². The van der Waals surface area contributed by atoms with Gasteiger partial charge in [0, 0.05) is 60.6 Å². The summed E-state index contributed by atoms with van der Waals surface area (Å²) in [5, 5.41) is 6.70. The van der Waals surface area contributed by atoms with Crippen LogP contribution in [0.5, 0.6) is 0 Å². The number of carbonyl (C=O) groups excluding carboxylic acids is 2. The number of hydrogen-bond acceptors (Lipinski definition) is 5. The molecule has 36 heavy (non-hydrogen) atoms. The highest BCUT2D eigenvalue weighted by Gasteiger charge is 2.52. The summed E-state index contributed by atoms with van der Waals surface area (Å²) in [6.45, 7) is 9.58. The van der Waals surface area contributed by atoms with Gasteiger partial charge in [0.05, 0.1) is 13.2 Å². The number of nitrogen functional groups attached to an aromatic ring is 1. The molecule has 9 heteroatoms. The Bertz CT molecular complexity index is 1100. The van der Waals surface area contributed by atoms with E-state index in [1.54, 1.807) is 11.0 Å². The third kappa shape index (κ3) is 5.31. The molecule has 2 aliphatic heterocycles. The van der Waals surface area contributed by atoms with Gasteiger partial charge in [-0.15, -0.1) is 0 Å². The number of urea groups is 1. The number of halogens is 1. The normalized spacial score (nSPS) is 20.4. The van der Waals surface area contributed by atoms with Crippen LogP contribution in [-0.4, -0.2) is 67.2 Å². The first kappa shape index (κ1) is 26.3. The Balaban J connectivity index is 1.69. The number of anilines is 2. The molecule has 0 radical (unpaired) electrons. The van der Waals surface area contributed by atoms with Gasteiger partial charge in [0.15, 0.2) is 0 Å². The number of morpholine rings is 1. The first-order valence-corrected chi connectivity index (χ1v) is 12.9. The van der Waals surface area contributed by atoms with E-state index in [9.17, 15) is 9.59 Å². The zero-order valence-electron chi connectivity index (χ0n) is 21.2. The summed E-state index contributed by atoms with van der Waals surface area (Å²) in [7, 11) is 0. The Morgan fingerprint density at radius 3 is 2.67 bits per heavy atom. The average molecular weight is 514 g/mol. The molecule has 8 nitrogen and oxygen atoms in total. The summed E-state index contributed by atoms with van der Waals surface area (Å²) < 4.78 is 5.36. The summed E-state index contributed by atoms with van der Waals surface area (Å²) in [6, 6.07) is 13.2. The standard InChI is InChI=1S/C27H36ClN5O3/c1-18(2)19(3)33(10-9-30-26(35)32-11-13-36-14-12-32)27(17-20-5-4-6-22(29)15-20)23-8-7-21(28)16-24(23)31-25(27)34/h4-8,15-16,18-19H,9-14,17,29H2,1-3H3,(H,30,35)(H,31,34). The minimum Gasteiger partial charge on any atom is -0.399 e. The van der Waals surface area contributed by atoms with E-state index in [1.165, 1.54) is 0 Å². The lowest BCUT2D eigenvalue weighted by atomic mass is 9.81. The smallest absolute Gasteiger partial charge is 0.317 e. The monoisotopic (exact) mass is 513 g/mol. The van der Waals surface area contributed by atoms with Gasteiger partial charge in [-0.2, -0.15) is 0 Å². The van der Waals surface area contributed by atoms with Crippen LogP contribution in [0.1, 0.15) is 31.9 Å². The molecule has 2 unspecified atom stereocenters. The highest BCUT2D eigenvalue weighted by Crippen LogP contribution is 2.45. The molecule has 0 aliphatic carbocycles. The predicted molar refractivity (Wildman–Crippen MR) is 143 cm³/mol. The lowest BCUT2D eigenvalue weighted by Crippen LogP contribution is -2.59. The van der Waals surface area contributed by atoms with E-state index < -0.39 is 5.54 Å². The molecule has 2 aliphatic rings. The molecule has 1 saturated heterocycles. The molecule has 4 rings (SSSR count). The predicted octanol–water partition coefficient (Wildman–Crippen LogP) is 3.70. The minimum absolute atomic E-state index is 0.0405. The highest BCUT2D eigenvalue weighted by atomic mass is 35.5. The van der Waals surface area contributed by atoms with Gasteiger partial charge in [-0.3, -0.25) is 9.69 Å². The number of nitrogens with zero attached hydrogens (tertiary/aromatic N) is 2. The second-order valence-electron chi connectivity index (χ2n) is 9.94. The van der Waals surface area contributed by atoms with Crippen molar-refractivity contribution in [1.29, 1.82) is 0 Å². The molecule has 0 bridgehead atoms. The molecular weight excluding hydrogens is 478 g/mol. The quantitative estimate of drug-likeness (QED) is 0.467. The number of fused-ring (bicyclic) bond motifs is 1. The molecule has 194 valence electrons. The fraction of sp³-hybridized carbons (Fsp3) is 0.481. The molecule has 4 N–H and O–H groups in total. The summed E-state index contributed by atoms with van der Waals surface area (Å²) in [5.41, 5.74) is 8.33. The van der Waals surface area contributed by atoms with Gasteiger partial charge < -0.3 is 26.0 Å². The largest absolute Gasteiger partial charge is 0.399 e. The van der Waals surface area contributed by atoms with Crippen molar-refractivity contribution in [2.75, 3.05) is 50.4 Å². The topological polar surface area (TPSA) is 99.9 Å². The second kappa shape index (κ2) is 11.1. The molecule has 0 spiro atoms. The molecule has 0 saturated carbocycles. The summed E-state index contributed by atoms with van der Waals surface area (Å²) in [6.07, 6.45) is 0.437. The maximum atomic E-state index is 13.9. The highest BCUT2D eigenvalue weighted by molar-refractivity contribution is 6.31. The minimum atomic E-state index is -0.985. The van der Waals surface area contributed by atoms with E-state index in [2.05, 4.69) is 36.3 Å². The zero-order chi connectivity index (χ0) is 25.9. The van der Waals surface area contributed by atoms with E-state index >= 15 is 0 Å². The van der Waals surface area contributed by atoms with Crippen molar-refractivity contribution in [2.45, 2.75) is 38.8 Å². The average Bonchev–Trinajstić information content (AvgIpc) is 3.12. The van der Waals surface area contributed by atoms with Gasteiger partial charge >= 0.3 is 6.03 Å². The molecular formula is C27H36ClN5O3. The van der Waals surface area contributed by atoms with Gasteiger partial charge in [0.1, 0.15) is 5.54 Å². The number of carbonyl (C=O) groups is 2. The third-order valence-corrected chi connectivity index (χ3v) is 7.57. The van der Waals surface area contributed by atoms with E-state index in [-0.39, 0.29) is 23.9 Å². The van der Waals surface area contributed by atoms with Crippen LogP contribution in [0.4, 0.5) is 16.2 Å². The van der Waals surface area contributed by atoms with Gasteiger partial charge in [-0.25, -0.2) is 4.79 Å². The van der Waals surface area contributed by atoms with Crippen molar-refractivity contribution in [3.05, 3.63) is 58.6 Å². The SMILES string of the molecule is CC(C)C(C)N(CCNC(=O)N1CCOCC1)C1(Cc2cccc(N)c2)C(=O)Nc2cc(Cl)ccc21. The molecule has 2 aromatic rings. The summed E-state index contributed by atoms with van der Waals surface area (Å²) >= 11 is 6.29. The number of amides is 3. The van der Waals surface area contributed by atoms with Crippen LogP contribution in [-0.2, 0) is 21.5 Å². The third-order valence-electron chi connectivity index (χ3n) is 7.34.